The van der Waals surface area contributed by atoms with Crippen molar-refractivity contribution in [2.75, 3.05) is 13.2 Å². The Bertz CT molecular complexity index is 1040. The molecule has 11 heteroatoms. The summed E-state index contributed by atoms with van der Waals surface area (Å²) in [7, 11) is 0. The van der Waals surface area contributed by atoms with Crippen LogP contribution in [0.4, 0.5) is 0 Å². The van der Waals surface area contributed by atoms with E-state index in [1.54, 1.807) is 0 Å². The number of hydrogen-bond donors (Lipinski definition) is 4. The average Bonchev–Trinajstić information content (AvgIpc) is 3.26. The lowest BCUT2D eigenvalue weighted by molar-refractivity contribution is -0.298. The van der Waals surface area contributed by atoms with E-state index in [2.05, 4.69) is 13.8 Å². The van der Waals surface area contributed by atoms with E-state index in [9.17, 15) is 34.8 Å². The zero-order chi connectivity index (χ0) is 45.3. The smallest absolute Gasteiger partial charge is 0.335 e. The first-order valence-corrected chi connectivity index (χ1v) is 26.1. The number of rotatable bonds is 45. The Balaban J connectivity index is 2.23. The fraction of sp³-hybridized carbons (Fsp3) is 0.941. The molecule has 1 aliphatic heterocycles. The summed E-state index contributed by atoms with van der Waals surface area (Å²) < 4.78 is 21.8. The highest BCUT2D eigenvalue weighted by Gasteiger charge is 2.47. The minimum absolute atomic E-state index is 0.191. The van der Waals surface area contributed by atoms with E-state index < -0.39 is 54.7 Å². The molecule has 1 rings (SSSR count). The van der Waals surface area contributed by atoms with Crippen LogP contribution in [0.15, 0.2) is 0 Å². The Morgan fingerprint density at radius 2 is 0.758 bits per heavy atom. The molecule has 1 aliphatic rings. The molecule has 0 aromatic rings. The molecule has 366 valence electrons. The molecule has 0 radical (unpaired) electrons. The number of carbonyl (C=O) groups excluding carboxylic acids is 2. The summed E-state index contributed by atoms with van der Waals surface area (Å²) in [6, 6.07) is 0. The molecule has 0 bridgehead atoms. The molecule has 6 unspecified atom stereocenters. The van der Waals surface area contributed by atoms with Crippen molar-refractivity contribution in [2.45, 2.75) is 295 Å². The summed E-state index contributed by atoms with van der Waals surface area (Å²) in [4.78, 5) is 36.9. The van der Waals surface area contributed by atoms with Gasteiger partial charge in [-0.15, -0.1) is 0 Å². The van der Waals surface area contributed by atoms with Crippen molar-refractivity contribution in [3.63, 3.8) is 0 Å². The zero-order valence-electron chi connectivity index (χ0n) is 39.9. The molecule has 11 nitrogen and oxygen atoms in total. The van der Waals surface area contributed by atoms with Crippen LogP contribution < -0.4 is 0 Å². The van der Waals surface area contributed by atoms with Crippen molar-refractivity contribution in [1.29, 1.82) is 0 Å². The highest BCUT2D eigenvalue weighted by Crippen LogP contribution is 2.23. The highest BCUT2D eigenvalue weighted by molar-refractivity contribution is 5.73. The van der Waals surface area contributed by atoms with Gasteiger partial charge >= 0.3 is 17.9 Å². The molecule has 6 atom stereocenters. The monoisotopic (exact) mass is 885 g/mol. The molecule has 0 aromatic heterocycles. The van der Waals surface area contributed by atoms with Crippen LogP contribution >= 0.6 is 0 Å². The van der Waals surface area contributed by atoms with Gasteiger partial charge in [0.05, 0.1) is 6.61 Å². The van der Waals surface area contributed by atoms with Crippen molar-refractivity contribution in [3.05, 3.63) is 0 Å². The van der Waals surface area contributed by atoms with Gasteiger partial charge < -0.3 is 39.4 Å². The van der Waals surface area contributed by atoms with Crippen LogP contribution in [-0.4, -0.2) is 88.4 Å². The van der Waals surface area contributed by atoms with Gasteiger partial charge in [0.15, 0.2) is 18.5 Å². The summed E-state index contributed by atoms with van der Waals surface area (Å²) in [5.41, 5.74) is 0. The average molecular weight is 885 g/mol. The lowest BCUT2D eigenvalue weighted by Crippen LogP contribution is -2.60. The van der Waals surface area contributed by atoms with Crippen LogP contribution in [0.5, 0.6) is 0 Å². The number of carboxylic acids is 1. The van der Waals surface area contributed by atoms with Gasteiger partial charge in [0, 0.05) is 12.8 Å². The molecule has 62 heavy (non-hydrogen) atoms. The fourth-order valence-electron chi connectivity index (χ4n) is 8.35. The lowest BCUT2D eigenvalue weighted by Gasteiger charge is -2.38. The normalized spacial score (nSPS) is 19.4. The van der Waals surface area contributed by atoms with Crippen LogP contribution in [0.25, 0.3) is 0 Å². The van der Waals surface area contributed by atoms with Crippen molar-refractivity contribution in [3.8, 4) is 0 Å². The maximum absolute atomic E-state index is 12.8. The first-order chi connectivity index (χ1) is 30.2. The Morgan fingerprint density at radius 1 is 0.435 bits per heavy atom. The number of unbranched alkanes of at least 4 members (excludes halogenated alkanes) is 34. The lowest BCUT2D eigenvalue weighted by atomic mass is 9.99. The molecule has 0 aliphatic carbocycles. The standard InChI is InChI=1S/C51H96O11/c1-3-5-7-9-11-13-15-17-18-19-20-21-22-23-24-25-26-28-29-31-33-35-37-39-44(52)59-41-43(42-60-51-48(56)46(54)47(55)49(62-51)50(57)58)61-45(53)40-38-36-34-32-30-27-16-14-12-10-8-6-4-2/h43,46-49,51,54-56H,3-42H2,1-2H3,(H,57,58). The van der Waals surface area contributed by atoms with Crippen molar-refractivity contribution < 1.29 is 53.8 Å². The predicted molar refractivity (Wildman–Crippen MR) is 248 cm³/mol. The van der Waals surface area contributed by atoms with E-state index >= 15 is 0 Å². The number of carboxylic acid groups (broad SMARTS) is 1. The van der Waals surface area contributed by atoms with Gasteiger partial charge in [-0.25, -0.2) is 4.79 Å². The molecular weight excluding hydrogens is 789 g/mol. The number of aliphatic hydroxyl groups is 3. The Hall–Kier alpha value is -1.79. The minimum Gasteiger partial charge on any atom is -0.479 e. The molecule has 0 amide bonds. The molecule has 0 spiro atoms. The Kier molecular flexibility index (Phi) is 39.3. The Labute approximate surface area is 378 Å². The molecule has 1 fully saturated rings. The SMILES string of the molecule is CCCCCCCCCCCCCCCCCCCCCCCCCC(=O)OCC(COC1OC(C(=O)O)C(O)C(O)C1O)OC(=O)CCCCCCCCCCCCCCC. The summed E-state index contributed by atoms with van der Waals surface area (Å²) in [5, 5.41) is 39.9. The van der Waals surface area contributed by atoms with Crippen LogP contribution in [-0.2, 0) is 33.3 Å². The molecular formula is C51H96O11. The predicted octanol–water partition coefficient (Wildman–Crippen LogP) is 12.2. The second kappa shape index (κ2) is 41.9. The first-order valence-electron chi connectivity index (χ1n) is 26.1. The third-order valence-corrected chi connectivity index (χ3v) is 12.5. The second-order valence-corrected chi connectivity index (χ2v) is 18.4. The van der Waals surface area contributed by atoms with Gasteiger partial charge in [-0.3, -0.25) is 9.59 Å². The van der Waals surface area contributed by atoms with Crippen molar-refractivity contribution >= 4 is 17.9 Å². The summed E-state index contributed by atoms with van der Waals surface area (Å²) in [6.45, 7) is 3.86. The van der Waals surface area contributed by atoms with Crippen molar-refractivity contribution in [1.82, 2.24) is 0 Å². The van der Waals surface area contributed by atoms with E-state index in [4.69, 9.17) is 18.9 Å². The molecule has 1 saturated heterocycles. The Morgan fingerprint density at radius 3 is 1.10 bits per heavy atom. The van der Waals surface area contributed by atoms with E-state index in [0.29, 0.717) is 12.8 Å². The first kappa shape index (κ1) is 58.2. The van der Waals surface area contributed by atoms with E-state index in [0.717, 1.165) is 38.5 Å². The van der Waals surface area contributed by atoms with Crippen LogP contribution in [0.1, 0.15) is 258 Å². The van der Waals surface area contributed by atoms with Gasteiger partial charge in [-0.05, 0) is 12.8 Å². The summed E-state index contributed by atoms with van der Waals surface area (Å²) >= 11 is 0. The molecule has 0 saturated carbocycles. The third-order valence-electron chi connectivity index (χ3n) is 12.5. The largest absolute Gasteiger partial charge is 0.479 e. The van der Waals surface area contributed by atoms with E-state index in [-0.39, 0.29) is 26.1 Å². The summed E-state index contributed by atoms with van der Waals surface area (Å²) in [5.74, 6) is -2.42. The number of aliphatic hydroxyl groups excluding tert-OH is 3. The molecule has 0 aromatic carbocycles. The maximum atomic E-state index is 12.8. The third kappa shape index (κ3) is 32.8. The number of hydrogen-bond acceptors (Lipinski definition) is 10. The fourth-order valence-corrected chi connectivity index (χ4v) is 8.35. The van der Waals surface area contributed by atoms with Crippen LogP contribution in [0.3, 0.4) is 0 Å². The number of aliphatic carboxylic acids is 1. The number of esters is 2. The topological polar surface area (TPSA) is 169 Å². The maximum Gasteiger partial charge on any atom is 0.335 e. The number of ether oxygens (including phenoxy) is 4. The van der Waals surface area contributed by atoms with Crippen LogP contribution in [0.2, 0.25) is 0 Å². The highest BCUT2D eigenvalue weighted by atomic mass is 16.7. The summed E-state index contributed by atoms with van der Waals surface area (Å²) in [6.07, 6.45) is 35.9. The zero-order valence-corrected chi connectivity index (χ0v) is 39.9. The van der Waals surface area contributed by atoms with Gasteiger partial charge in [0.25, 0.3) is 0 Å². The molecule has 1 heterocycles. The number of carbonyl (C=O) groups is 3. The van der Waals surface area contributed by atoms with Gasteiger partial charge in [0.1, 0.15) is 24.9 Å². The van der Waals surface area contributed by atoms with Gasteiger partial charge in [-0.2, -0.15) is 0 Å². The minimum atomic E-state index is -1.86. The van der Waals surface area contributed by atoms with E-state index in [1.165, 1.54) is 180 Å². The van der Waals surface area contributed by atoms with Crippen LogP contribution in [0, 0.1) is 0 Å². The quantitative estimate of drug-likeness (QED) is 0.0339. The van der Waals surface area contributed by atoms with Crippen molar-refractivity contribution in [2.24, 2.45) is 0 Å². The molecule has 4 N–H and O–H groups in total. The van der Waals surface area contributed by atoms with E-state index in [1.807, 2.05) is 0 Å². The van der Waals surface area contributed by atoms with Gasteiger partial charge in [-0.1, -0.05) is 232 Å². The second-order valence-electron chi connectivity index (χ2n) is 18.4. The van der Waals surface area contributed by atoms with Gasteiger partial charge in [0.2, 0.25) is 0 Å².